The van der Waals surface area contributed by atoms with Gasteiger partial charge in [0.05, 0.1) is 41.2 Å². The maximum absolute atomic E-state index is 15.0. The topological polar surface area (TPSA) is 105 Å². The quantitative estimate of drug-likeness (QED) is 0.547. The number of halogens is 2. The summed E-state index contributed by atoms with van der Waals surface area (Å²) in [4.78, 5) is 13.0. The molecule has 0 spiro atoms. The molecule has 1 aliphatic heterocycles. The normalized spacial score (nSPS) is 20.4. The van der Waals surface area contributed by atoms with Crippen LogP contribution in [0.4, 0.5) is 10.3 Å². The summed E-state index contributed by atoms with van der Waals surface area (Å²) in [5, 5.41) is 23.6. The van der Waals surface area contributed by atoms with E-state index in [0.29, 0.717) is 35.6 Å². The van der Waals surface area contributed by atoms with E-state index < -0.39 is 18.0 Å². The number of imidazole rings is 1. The SMILES string of the molecule is CC(C)n1c([C@@H](C)O)nc2c(F)cc(-c3nc(N[C@@H]4CCOC[C@H]4O)ncc3Cl)cc21. The number of nitrogens with one attached hydrogen (secondary N) is 1. The number of aliphatic hydroxyl groups excluding tert-OH is 2. The van der Waals surface area contributed by atoms with Crippen molar-refractivity contribution < 1.29 is 19.3 Å². The highest BCUT2D eigenvalue weighted by Gasteiger charge is 2.25. The zero-order chi connectivity index (χ0) is 22.3. The third-order valence-corrected chi connectivity index (χ3v) is 5.60. The van der Waals surface area contributed by atoms with Crippen molar-refractivity contribution in [3.05, 3.63) is 35.0 Å². The fourth-order valence-corrected chi connectivity index (χ4v) is 4.04. The second kappa shape index (κ2) is 8.66. The molecule has 0 aliphatic carbocycles. The first-order chi connectivity index (χ1) is 14.8. The average Bonchev–Trinajstić information content (AvgIpc) is 3.12. The third-order valence-electron chi connectivity index (χ3n) is 5.32. The van der Waals surface area contributed by atoms with Gasteiger partial charge in [0.25, 0.3) is 0 Å². The van der Waals surface area contributed by atoms with Crippen LogP contribution in [0.5, 0.6) is 0 Å². The number of hydrogen-bond donors (Lipinski definition) is 3. The highest BCUT2D eigenvalue weighted by molar-refractivity contribution is 6.33. The molecule has 2 aromatic heterocycles. The molecule has 1 aromatic carbocycles. The molecule has 4 rings (SSSR count). The van der Waals surface area contributed by atoms with Crippen LogP contribution in [0, 0.1) is 5.82 Å². The van der Waals surface area contributed by atoms with Crippen LogP contribution < -0.4 is 5.32 Å². The molecule has 31 heavy (non-hydrogen) atoms. The Balaban J connectivity index is 1.78. The molecule has 10 heteroatoms. The molecule has 1 fully saturated rings. The van der Waals surface area contributed by atoms with Gasteiger partial charge in [0, 0.05) is 18.2 Å². The predicted molar refractivity (Wildman–Crippen MR) is 116 cm³/mol. The lowest BCUT2D eigenvalue weighted by Gasteiger charge is -2.28. The van der Waals surface area contributed by atoms with Crippen molar-refractivity contribution in [1.29, 1.82) is 0 Å². The molecule has 1 aliphatic rings. The number of aliphatic hydroxyl groups is 2. The van der Waals surface area contributed by atoms with Gasteiger partial charge in [0.15, 0.2) is 5.82 Å². The predicted octanol–water partition coefficient (Wildman–Crippen LogP) is 3.48. The fourth-order valence-electron chi connectivity index (χ4n) is 3.84. The lowest BCUT2D eigenvalue weighted by atomic mass is 10.1. The van der Waals surface area contributed by atoms with Crippen LogP contribution in [0.3, 0.4) is 0 Å². The molecule has 0 amide bonds. The molecule has 3 atom stereocenters. The van der Waals surface area contributed by atoms with Gasteiger partial charge in [-0.05, 0) is 39.3 Å². The zero-order valence-electron chi connectivity index (χ0n) is 17.5. The van der Waals surface area contributed by atoms with Gasteiger partial charge in [0.1, 0.15) is 17.4 Å². The fraction of sp³-hybridized carbons (Fsp3) is 0.476. The Morgan fingerprint density at radius 1 is 1.29 bits per heavy atom. The molecule has 8 nitrogen and oxygen atoms in total. The number of ether oxygens (including phenoxy) is 1. The molecule has 166 valence electrons. The molecule has 3 aromatic rings. The first kappa shape index (κ1) is 21.9. The number of anilines is 1. The number of nitrogens with zero attached hydrogens (tertiary/aromatic N) is 4. The highest BCUT2D eigenvalue weighted by atomic mass is 35.5. The molecule has 0 radical (unpaired) electrons. The number of aromatic nitrogens is 4. The van der Waals surface area contributed by atoms with E-state index in [1.54, 1.807) is 17.6 Å². The van der Waals surface area contributed by atoms with Gasteiger partial charge >= 0.3 is 0 Å². The Morgan fingerprint density at radius 3 is 2.74 bits per heavy atom. The van der Waals surface area contributed by atoms with Gasteiger partial charge in [-0.25, -0.2) is 19.3 Å². The summed E-state index contributed by atoms with van der Waals surface area (Å²) in [7, 11) is 0. The largest absolute Gasteiger partial charge is 0.389 e. The molecule has 3 N–H and O–H groups in total. The molecule has 1 saturated heterocycles. The minimum Gasteiger partial charge on any atom is -0.389 e. The molecule has 3 heterocycles. The van der Waals surface area contributed by atoms with Crippen LogP contribution in [0.1, 0.15) is 45.2 Å². The summed E-state index contributed by atoms with van der Waals surface area (Å²) in [5.74, 6) is 0.149. The van der Waals surface area contributed by atoms with Crippen LogP contribution in [-0.4, -0.2) is 55.1 Å². The summed E-state index contributed by atoms with van der Waals surface area (Å²) in [6.45, 7) is 6.25. The summed E-state index contributed by atoms with van der Waals surface area (Å²) in [5.41, 5.74) is 1.55. The summed E-state index contributed by atoms with van der Waals surface area (Å²) < 4.78 is 22.1. The lowest BCUT2D eigenvalue weighted by molar-refractivity contribution is -0.0136. The smallest absolute Gasteiger partial charge is 0.223 e. The van der Waals surface area contributed by atoms with Crippen molar-refractivity contribution in [2.24, 2.45) is 0 Å². The van der Waals surface area contributed by atoms with E-state index in [2.05, 4.69) is 20.3 Å². The summed E-state index contributed by atoms with van der Waals surface area (Å²) in [6, 6.07) is 2.79. The van der Waals surface area contributed by atoms with E-state index in [1.807, 2.05) is 13.8 Å². The molecular weight excluding hydrogens is 425 g/mol. The van der Waals surface area contributed by atoms with E-state index in [9.17, 15) is 10.2 Å². The van der Waals surface area contributed by atoms with E-state index in [1.165, 1.54) is 12.3 Å². The summed E-state index contributed by atoms with van der Waals surface area (Å²) in [6.07, 6.45) is 0.534. The van der Waals surface area contributed by atoms with Gasteiger partial charge < -0.3 is 24.8 Å². The molecular formula is C21H25ClFN5O3. The van der Waals surface area contributed by atoms with Crippen molar-refractivity contribution in [2.75, 3.05) is 18.5 Å². The maximum atomic E-state index is 15.0. The van der Waals surface area contributed by atoms with Crippen molar-refractivity contribution >= 4 is 28.6 Å². The summed E-state index contributed by atoms with van der Waals surface area (Å²) >= 11 is 6.36. The number of rotatable bonds is 5. The molecule has 0 bridgehead atoms. The Kier molecular flexibility index (Phi) is 6.11. The number of benzene rings is 1. The maximum Gasteiger partial charge on any atom is 0.223 e. The van der Waals surface area contributed by atoms with E-state index >= 15 is 4.39 Å². The van der Waals surface area contributed by atoms with Crippen LogP contribution in [0.2, 0.25) is 5.02 Å². The van der Waals surface area contributed by atoms with Crippen molar-refractivity contribution in [2.45, 2.75) is 51.5 Å². The Morgan fingerprint density at radius 2 is 2.06 bits per heavy atom. The monoisotopic (exact) mass is 449 g/mol. The van der Waals surface area contributed by atoms with Gasteiger partial charge in [-0.2, -0.15) is 0 Å². The highest BCUT2D eigenvalue weighted by Crippen LogP contribution is 2.33. The third kappa shape index (κ3) is 4.23. The first-order valence-corrected chi connectivity index (χ1v) is 10.6. The minimum atomic E-state index is -0.845. The number of hydrogen-bond acceptors (Lipinski definition) is 7. The van der Waals surface area contributed by atoms with Crippen molar-refractivity contribution in [3.8, 4) is 11.3 Å². The minimum absolute atomic E-state index is 0.0441. The van der Waals surface area contributed by atoms with E-state index in [0.717, 1.165) is 0 Å². The second-order valence-corrected chi connectivity index (χ2v) is 8.41. The van der Waals surface area contributed by atoms with E-state index in [-0.39, 0.29) is 35.2 Å². The lowest BCUT2D eigenvalue weighted by Crippen LogP contribution is -2.42. The Bertz CT molecular complexity index is 1100. The van der Waals surface area contributed by atoms with Gasteiger partial charge in [-0.15, -0.1) is 0 Å². The molecule has 0 saturated carbocycles. The van der Waals surface area contributed by atoms with Crippen LogP contribution >= 0.6 is 11.6 Å². The van der Waals surface area contributed by atoms with Crippen LogP contribution in [-0.2, 0) is 4.74 Å². The average molecular weight is 450 g/mol. The first-order valence-electron chi connectivity index (χ1n) is 10.2. The standard InChI is InChI=1S/C21H25ClFN5O3/c1-10(2)28-16-7-12(6-14(23)19(16)26-20(28)11(3)29)18-13(22)8-24-21(27-18)25-15-4-5-31-9-17(15)30/h6-8,10-11,15,17,29-30H,4-5,9H2,1-3H3,(H,24,25,27)/t11-,15-,17-/m1/s1. The van der Waals surface area contributed by atoms with Gasteiger partial charge in [-0.1, -0.05) is 11.6 Å². The zero-order valence-corrected chi connectivity index (χ0v) is 18.3. The molecule has 0 unspecified atom stereocenters. The van der Waals surface area contributed by atoms with Crippen molar-refractivity contribution in [3.63, 3.8) is 0 Å². The number of fused-ring (bicyclic) bond motifs is 1. The second-order valence-electron chi connectivity index (χ2n) is 8.01. The van der Waals surface area contributed by atoms with Crippen LogP contribution in [0.15, 0.2) is 18.3 Å². The Hall–Kier alpha value is -2.33. The van der Waals surface area contributed by atoms with Crippen LogP contribution in [0.25, 0.3) is 22.3 Å². The van der Waals surface area contributed by atoms with Gasteiger partial charge in [-0.3, -0.25) is 0 Å². The van der Waals surface area contributed by atoms with Gasteiger partial charge in [0.2, 0.25) is 5.95 Å². The van der Waals surface area contributed by atoms with E-state index in [4.69, 9.17) is 16.3 Å². The Labute approximate surface area is 184 Å². The van der Waals surface area contributed by atoms with Crippen molar-refractivity contribution in [1.82, 2.24) is 19.5 Å².